The zero-order valence-corrected chi connectivity index (χ0v) is 11.5. The van der Waals surface area contributed by atoms with Crippen LogP contribution in [-0.2, 0) is 6.42 Å². The monoisotopic (exact) mass is 246 g/mol. The van der Waals surface area contributed by atoms with Crippen LogP contribution in [0.25, 0.3) is 0 Å². The molecule has 1 heterocycles. The molecule has 0 aromatic heterocycles. The van der Waals surface area contributed by atoms with Crippen LogP contribution in [0, 0.1) is 5.41 Å². The zero-order valence-electron chi connectivity index (χ0n) is 11.5. The molecule has 1 aromatic carbocycles. The van der Waals surface area contributed by atoms with E-state index in [9.17, 15) is 4.79 Å². The molecule has 0 atom stereocenters. The first-order valence-corrected chi connectivity index (χ1v) is 6.54. The van der Waals surface area contributed by atoms with Gasteiger partial charge in [0.15, 0.2) is 0 Å². The number of amides is 1. The Morgan fingerprint density at radius 1 is 1.33 bits per heavy atom. The highest BCUT2D eigenvalue weighted by molar-refractivity contribution is 5.97. The molecule has 1 amide bonds. The normalized spacial score (nSPS) is 15.7. The van der Waals surface area contributed by atoms with Gasteiger partial charge in [-0.25, -0.2) is 0 Å². The second-order valence-corrected chi connectivity index (χ2v) is 6.27. The minimum absolute atomic E-state index is 0.132. The third kappa shape index (κ3) is 2.84. The number of rotatable bonds is 2. The molecular formula is C15H22N2O. The largest absolute Gasteiger partial charge is 0.399 e. The van der Waals surface area contributed by atoms with E-state index >= 15 is 0 Å². The van der Waals surface area contributed by atoms with E-state index in [1.165, 1.54) is 0 Å². The number of nitrogens with zero attached hydrogens (tertiary/aromatic N) is 1. The summed E-state index contributed by atoms with van der Waals surface area (Å²) in [6.45, 7) is 8.26. The Bertz CT molecular complexity index is 460. The Morgan fingerprint density at radius 3 is 2.72 bits per heavy atom. The summed E-state index contributed by atoms with van der Waals surface area (Å²) in [7, 11) is 0. The van der Waals surface area contributed by atoms with Crippen molar-refractivity contribution in [2.24, 2.45) is 5.41 Å². The van der Waals surface area contributed by atoms with E-state index in [0.29, 0.717) is 5.69 Å². The molecule has 0 spiro atoms. The Balaban J connectivity index is 2.13. The number of anilines is 1. The molecule has 0 saturated heterocycles. The van der Waals surface area contributed by atoms with E-state index in [-0.39, 0.29) is 11.3 Å². The smallest absolute Gasteiger partial charge is 0.254 e. The van der Waals surface area contributed by atoms with Crippen LogP contribution >= 0.6 is 0 Å². The predicted molar refractivity (Wildman–Crippen MR) is 74.5 cm³/mol. The van der Waals surface area contributed by atoms with Crippen LogP contribution in [0.4, 0.5) is 5.69 Å². The summed E-state index contributed by atoms with van der Waals surface area (Å²) in [6, 6.07) is 5.65. The molecule has 0 aliphatic carbocycles. The summed E-state index contributed by atoms with van der Waals surface area (Å²) in [4.78, 5) is 14.3. The van der Waals surface area contributed by atoms with E-state index in [1.807, 2.05) is 17.0 Å². The van der Waals surface area contributed by atoms with Gasteiger partial charge in [0.1, 0.15) is 0 Å². The average Bonchev–Trinajstić information content (AvgIpc) is 2.28. The van der Waals surface area contributed by atoms with Crippen molar-refractivity contribution in [3.63, 3.8) is 0 Å². The van der Waals surface area contributed by atoms with Gasteiger partial charge in [-0.15, -0.1) is 0 Å². The van der Waals surface area contributed by atoms with Crippen LogP contribution in [0.3, 0.4) is 0 Å². The molecule has 98 valence electrons. The average molecular weight is 246 g/mol. The van der Waals surface area contributed by atoms with Crippen molar-refractivity contribution in [2.45, 2.75) is 33.6 Å². The number of hydrogen-bond donors (Lipinski definition) is 1. The molecule has 2 N–H and O–H groups in total. The Hall–Kier alpha value is -1.51. The van der Waals surface area contributed by atoms with Crippen molar-refractivity contribution in [3.8, 4) is 0 Å². The highest BCUT2D eigenvalue weighted by atomic mass is 16.2. The quantitative estimate of drug-likeness (QED) is 0.815. The summed E-state index contributed by atoms with van der Waals surface area (Å²) in [5.41, 5.74) is 8.60. The van der Waals surface area contributed by atoms with Gasteiger partial charge in [-0.2, -0.15) is 0 Å². The van der Waals surface area contributed by atoms with Crippen LogP contribution in [0.5, 0.6) is 0 Å². The predicted octanol–water partition coefficient (Wildman–Crippen LogP) is 2.70. The van der Waals surface area contributed by atoms with Crippen molar-refractivity contribution in [1.29, 1.82) is 0 Å². The van der Waals surface area contributed by atoms with Gasteiger partial charge in [-0.3, -0.25) is 4.79 Å². The number of carbonyl (C=O) groups is 1. The number of nitrogen functional groups attached to an aromatic ring is 1. The number of benzene rings is 1. The second kappa shape index (κ2) is 4.63. The molecule has 0 bridgehead atoms. The van der Waals surface area contributed by atoms with E-state index in [4.69, 9.17) is 5.73 Å². The lowest BCUT2D eigenvalue weighted by atomic mass is 9.91. The lowest BCUT2D eigenvalue weighted by Gasteiger charge is -2.31. The third-order valence-electron chi connectivity index (χ3n) is 3.43. The van der Waals surface area contributed by atoms with Gasteiger partial charge in [-0.05, 0) is 36.0 Å². The maximum Gasteiger partial charge on any atom is 0.254 e. The molecule has 1 aliphatic heterocycles. The highest BCUT2D eigenvalue weighted by Gasteiger charge is 2.25. The lowest BCUT2D eigenvalue weighted by molar-refractivity contribution is 0.0721. The SMILES string of the molecule is CC(C)(C)CCN1CCc2ccc(N)cc2C1=O. The minimum atomic E-state index is 0.132. The highest BCUT2D eigenvalue weighted by Crippen LogP contribution is 2.24. The number of fused-ring (bicyclic) bond motifs is 1. The second-order valence-electron chi connectivity index (χ2n) is 6.27. The molecular weight excluding hydrogens is 224 g/mol. The molecule has 18 heavy (non-hydrogen) atoms. The first-order chi connectivity index (χ1) is 8.37. The summed E-state index contributed by atoms with van der Waals surface area (Å²) in [5.74, 6) is 0.132. The summed E-state index contributed by atoms with van der Waals surface area (Å²) < 4.78 is 0. The van der Waals surface area contributed by atoms with Gasteiger partial charge in [0.05, 0.1) is 0 Å². The number of hydrogen-bond acceptors (Lipinski definition) is 2. The van der Waals surface area contributed by atoms with E-state index in [2.05, 4.69) is 20.8 Å². The van der Waals surface area contributed by atoms with Crippen LogP contribution in [0.1, 0.15) is 43.1 Å². The van der Waals surface area contributed by atoms with E-state index < -0.39 is 0 Å². The first-order valence-electron chi connectivity index (χ1n) is 6.54. The van der Waals surface area contributed by atoms with Crippen LogP contribution in [-0.4, -0.2) is 23.9 Å². The molecule has 0 radical (unpaired) electrons. The van der Waals surface area contributed by atoms with Gasteiger partial charge in [0.2, 0.25) is 0 Å². The van der Waals surface area contributed by atoms with E-state index in [1.54, 1.807) is 6.07 Å². The molecule has 1 aliphatic rings. The van der Waals surface area contributed by atoms with Gasteiger partial charge in [0.25, 0.3) is 5.91 Å². The Kier molecular flexibility index (Phi) is 3.33. The van der Waals surface area contributed by atoms with Crippen LogP contribution < -0.4 is 5.73 Å². The van der Waals surface area contributed by atoms with Gasteiger partial charge in [-0.1, -0.05) is 26.8 Å². The van der Waals surface area contributed by atoms with Crippen molar-refractivity contribution in [1.82, 2.24) is 4.90 Å². The van der Waals surface area contributed by atoms with E-state index in [0.717, 1.165) is 37.1 Å². The third-order valence-corrected chi connectivity index (χ3v) is 3.43. The zero-order chi connectivity index (χ0) is 13.3. The van der Waals surface area contributed by atoms with Crippen molar-refractivity contribution in [2.75, 3.05) is 18.8 Å². The van der Waals surface area contributed by atoms with Gasteiger partial charge < -0.3 is 10.6 Å². The fourth-order valence-electron chi connectivity index (χ4n) is 2.22. The maximum absolute atomic E-state index is 12.4. The summed E-state index contributed by atoms with van der Waals surface area (Å²) in [5, 5.41) is 0. The lowest BCUT2D eigenvalue weighted by Crippen LogP contribution is -2.39. The molecule has 0 unspecified atom stereocenters. The standard InChI is InChI=1S/C15H22N2O/c1-15(2,3)7-9-17-8-6-11-4-5-12(16)10-13(11)14(17)18/h4-5,10H,6-9,16H2,1-3H3. The fourth-order valence-corrected chi connectivity index (χ4v) is 2.22. The van der Waals surface area contributed by atoms with Gasteiger partial charge in [0, 0.05) is 24.3 Å². The Labute approximate surface area is 109 Å². The van der Waals surface area contributed by atoms with Crippen molar-refractivity contribution in [3.05, 3.63) is 29.3 Å². The van der Waals surface area contributed by atoms with Crippen LogP contribution in [0.2, 0.25) is 0 Å². The van der Waals surface area contributed by atoms with Crippen molar-refractivity contribution < 1.29 is 4.79 Å². The topological polar surface area (TPSA) is 46.3 Å². The molecule has 0 fully saturated rings. The molecule has 3 nitrogen and oxygen atoms in total. The fraction of sp³-hybridized carbons (Fsp3) is 0.533. The molecule has 2 rings (SSSR count). The maximum atomic E-state index is 12.4. The summed E-state index contributed by atoms with van der Waals surface area (Å²) >= 11 is 0. The van der Waals surface area contributed by atoms with Crippen LogP contribution in [0.15, 0.2) is 18.2 Å². The number of nitrogens with two attached hydrogens (primary N) is 1. The van der Waals surface area contributed by atoms with Gasteiger partial charge >= 0.3 is 0 Å². The molecule has 3 heteroatoms. The summed E-state index contributed by atoms with van der Waals surface area (Å²) in [6.07, 6.45) is 1.96. The van der Waals surface area contributed by atoms with Crippen molar-refractivity contribution >= 4 is 11.6 Å². The molecule has 0 saturated carbocycles. The first kappa shape index (κ1) is 12.9. The Morgan fingerprint density at radius 2 is 2.06 bits per heavy atom. The molecule has 1 aromatic rings. The number of carbonyl (C=O) groups excluding carboxylic acids is 1. The minimum Gasteiger partial charge on any atom is -0.399 e.